The highest BCUT2D eigenvalue weighted by Crippen LogP contribution is 2.32. The van der Waals surface area contributed by atoms with E-state index in [2.05, 4.69) is 9.55 Å². The van der Waals surface area contributed by atoms with Crippen LogP contribution in [0.5, 0.6) is 0 Å². The van der Waals surface area contributed by atoms with Gasteiger partial charge in [0.15, 0.2) is 0 Å². The molecule has 6 nitrogen and oxygen atoms in total. The lowest BCUT2D eigenvalue weighted by Crippen LogP contribution is -2.53. The average molecular weight is 319 g/mol. The minimum atomic E-state index is -0.313. The van der Waals surface area contributed by atoms with Crippen LogP contribution in [0, 0.1) is 5.92 Å². The lowest BCUT2D eigenvalue weighted by molar-refractivity contribution is -0.0385. The Hall–Kier alpha value is -1.40. The van der Waals surface area contributed by atoms with Gasteiger partial charge in [-0.2, -0.15) is 0 Å². The number of imidazole rings is 1. The standard InChI is InChI=1S/C17H25N3O3/c21-15-5-3-4-12(15)14-11-23-9-8-20(14)17(22)13-10-19-7-2-1-6-16(19)18-13/h10,12,14-15,21H,1-9,11H2/t12-,14-,15+/m1/s1. The summed E-state index contributed by atoms with van der Waals surface area (Å²) in [4.78, 5) is 19.5. The molecule has 1 aromatic heterocycles. The summed E-state index contributed by atoms with van der Waals surface area (Å²) in [5, 5.41) is 10.2. The summed E-state index contributed by atoms with van der Waals surface area (Å²) < 4.78 is 7.73. The molecule has 4 rings (SSSR count). The summed E-state index contributed by atoms with van der Waals surface area (Å²) in [6, 6.07) is -0.0209. The van der Waals surface area contributed by atoms with E-state index in [-0.39, 0.29) is 24.0 Å². The molecule has 0 unspecified atom stereocenters. The fraction of sp³-hybridized carbons (Fsp3) is 0.765. The van der Waals surface area contributed by atoms with E-state index < -0.39 is 0 Å². The molecule has 1 amide bonds. The van der Waals surface area contributed by atoms with Crippen molar-refractivity contribution in [3.05, 3.63) is 17.7 Å². The van der Waals surface area contributed by atoms with Crippen molar-refractivity contribution < 1.29 is 14.6 Å². The number of hydrogen-bond acceptors (Lipinski definition) is 4. The zero-order valence-corrected chi connectivity index (χ0v) is 13.5. The number of fused-ring (bicyclic) bond motifs is 1. The third-order valence-electron chi connectivity index (χ3n) is 5.58. The average Bonchev–Trinajstić information content (AvgIpc) is 3.20. The Morgan fingerprint density at radius 3 is 2.96 bits per heavy atom. The highest BCUT2D eigenvalue weighted by atomic mass is 16.5. The largest absolute Gasteiger partial charge is 0.393 e. The van der Waals surface area contributed by atoms with E-state index >= 15 is 0 Å². The number of aliphatic hydroxyl groups excluding tert-OH is 1. The Morgan fingerprint density at radius 1 is 1.26 bits per heavy atom. The van der Waals surface area contributed by atoms with Crippen LogP contribution in [0.2, 0.25) is 0 Å². The van der Waals surface area contributed by atoms with Gasteiger partial charge >= 0.3 is 0 Å². The number of aromatic nitrogens is 2. The molecule has 3 heterocycles. The van der Waals surface area contributed by atoms with Gasteiger partial charge in [0.2, 0.25) is 0 Å². The maximum absolute atomic E-state index is 13.0. The molecule has 0 aromatic carbocycles. The van der Waals surface area contributed by atoms with E-state index in [9.17, 15) is 9.90 Å². The van der Waals surface area contributed by atoms with Crippen LogP contribution in [0.25, 0.3) is 0 Å². The molecule has 1 saturated heterocycles. The molecule has 23 heavy (non-hydrogen) atoms. The molecular weight excluding hydrogens is 294 g/mol. The minimum absolute atomic E-state index is 0.000648. The van der Waals surface area contributed by atoms with Crippen LogP contribution in [0.15, 0.2) is 6.20 Å². The second-order valence-corrected chi connectivity index (χ2v) is 7.00. The quantitative estimate of drug-likeness (QED) is 0.890. The molecule has 6 heteroatoms. The molecule has 0 spiro atoms. The molecule has 2 fully saturated rings. The van der Waals surface area contributed by atoms with Gasteiger partial charge in [0, 0.05) is 31.6 Å². The van der Waals surface area contributed by atoms with Crippen molar-refractivity contribution >= 4 is 5.91 Å². The Morgan fingerprint density at radius 2 is 2.17 bits per heavy atom. The monoisotopic (exact) mass is 319 g/mol. The second kappa shape index (κ2) is 6.24. The van der Waals surface area contributed by atoms with E-state index in [4.69, 9.17) is 4.74 Å². The molecule has 1 saturated carbocycles. The highest BCUT2D eigenvalue weighted by Gasteiger charge is 2.40. The van der Waals surface area contributed by atoms with Gasteiger partial charge in [0.05, 0.1) is 25.4 Å². The topological polar surface area (TPSA) is 67.6 Å². The van der Waals surface area contributed by atoms with Crippen LogP contribution in [0.3, 0.4) is 0 Å². The number of morpholine rings is 1. The second-order valence-electron chi connectivity index (χ2n) is 7.00. The van der Waals surface area contributed by atoms with Crippen molar-refractivity contribution in [3.8, 4) is 0 Å². The van der Waals surface area contributed by atoms with Crippen LogP contribution in [-0.2, 0) is 17.7 Å². The third kappa shape index (κ3) is 2.78. The number of hydrogen-bond donors (Lipinski definition) is 1. The first-order chi connectivity index (χ1) is 11.2. The normalized spacial score (nSPS) is 31.2. The number of aryl methyl sites for hydroxylation is 2. The van der Waals surface area contributed by atoms with Crippen LogP contribution in [-0.4, -0.2) is 57.4 Å². The maximum atomic E-state index is 13.0. The third-order valence-corrected chi connectivity index (χ3v) is 5.58. The van der Waals surface area contributed by atoms with Crippen molar-refractivity contribution in [1.29, 1.82) is 0 Å². The van der Waals surface area contributed by atoms with E-state index in [1.807, 2.05) is 11.1 Å². The molecule has 3 aliphatic rings. The lowest BCUT2D eigenvalue weighted by atomic mass is 9.94. The zero-order valence-electron chi connectivity index (χ0n) is 13.5. The number of aliphatic hydroxyl groups is 1. The number of nitrogens with zero attached hydrogens (tertiary/aromatic N) is 3. The molecule has 1 aliphatic carbocycles. The molecular formula is C17H25N3O3. The molecule has 0 radical (unpaired) electrons. The number of ether oxygens (including phenoxy) is 1. The van der Waals surface area contributed by atoms with Gasteiger partial charge in [-0.1, -0.05) is 6.42 Å². The Bertz CT molecular complexity index is 562. The predicted octanol–water partition coefficient (Wildman–Crippen LogP) is 1.22. The van der Waals surface area contributed by atoms with Crippen LogP contribution in [0.4, 0.5) is 0 Å². The number of rotatable bonds is 2. The summed E-state index contributed by atoms with van der Waals surface area (Å²) in [5.41, 5.74) is 0.557. The zero-order chi connectivity index (χ0) is 15.8. The smallest absolute Gasteiger partial charge is 0.274 e. The summed E-state index contributed by atoms with van der Waals surface area (Å²) in [6.07, 6.45) is 7.70. The van der Waals surface area contributed by atoms with Crippen molar-refractivity contribution in [2.24, 2.45) is 5.92 Å². The van der Waals surface area contributed by atoms with E-state index in [1.165, 1.54) is 0 Å². The van der Waals surface area contributed by atoms with Crippen molar-refractivity contribution in [2.75, 3.05) is 19.8 Å². The summed E-state index contributed by atoms with van der Waals surface area (Å²) in [6.45, 7) is 2.65. The number of amides is 1. The van der Waals surface area contributed by atoms with Gasteiger partial charge in [-0.25, -0.2) is 4.98 Å². The summed E-state index contributed by atoms with van der Waals surface area (Å²) in [7, 11) is 0. The summed E-state index contributed by atoms with van der Waals surface area (Å²) in [5.74, 6) is 1.17. The molecule has 0 bridgehead atoms. The fourth-order valence-corrected chi connectivity index (χ4v) is 4.31. The van der Waals surface area contributed by atoms with Gasteiger partial charge in [0.1, 0.15) is 11.5 Å². The SMILES string of the molecule is O=C(c1cn2c(n1)CCCC2)N1CCOC[C@@H]1[C@H]1CCC[C@@H]1O. The highest BCUT2D eigenvalue weighted by molar-refractivity contribution is 5.92. The fourth-order valence-electron chi connectivity index (χ4n) is 4.31. The van der Waals surface area contributed by atoms with Gasteiger partial charge in [-0.15, -0.1) is 0 Å². The number of carbonyl (C=O) groups is 1. The number of carbonyl (C=O) groups excluding carboxylic acids is 1. The minimum Gasteiger partial charge on any atom is -0.393 e. The lowest BCUT2D eigenvalue weighted by Gasteiger charge is -2.39. The van der Waals surface area contributed by atoms with Gasteiger partial charge < -0.3 is 19.3 Å². The maximum Gasteiger partial charge on any atom is 0.274 e. The van der Waals surface area contributed by atoms with E-state index in [0.717, 1.165) is 50.9 Å². The first-order valence-electron chi connectivity index (χ1n) is 8.87. The Balaban J connectivity index is 1.56. The Kier molecular flexibility index (Phi) is 4.11. The van der Waals surface area contributed by atoms with E-state index in [0.29, 0.717) is 25.5 Å². The van der Waals surface area contributed by atoms with Crippen LogP contribution in [0.1, 0.15) is 48.4 Å². The van der Waals surface area contributed by atoms with Gasteiger partial charge in [0.25, 0.3) is 5.91 Å². The van der Waals surface area contributed by atoms with Crippen LogP contribution >= 0.6 is 0 Å². The molecule has 1 N–H and O–H groups in total. The Labute approximate surface area is 136 Å². The first kappa shape index (κ1) is 15.1. The van der Waals surface area contributed by atoms with E-state index in [1.54, 1.807) is 0 Å². The predicted molar refractivity (Wildman–Crippen MR) is 84.2 cm³/mol. The van der Waals surface area contributed by atoms with Crippen molar-refractivity contribution in [2.45, 2.75) is 57.2 Å². The van der Waals surface area contributed by atoms with Crippen molar-refractivity contribution in [1.82, 2.24) is 14.5 Å². The van der Waals surface area contributed by atoms with Gasteiger partial charge in [-0.05, 0) is 25.7 Å². The van der Waals surface area contributed by atoms with Gasteiger partial charge in [-0.3, -0.25) is 4.79 Å². The summed E-state index contributed by atoms with van der Waals surface area (Å²) >= 11 is 0. The first-order valence-corrected chi connectivity index (χ1v) is 8.87. The molecule has 3 atom stereocenters. The van der Waals surface area contributed by atoms with Crippen LogP contribution < -0.4 is 0 Å². The van der Waals surface area contributed by atoms with Crippen molar-refractivity contribution in [3.63, 3.8) is 0 Å². The molecule has 2 aliphatic heterocycles. The molecule has 126 valence electrons. The molecule has 1 aromatic rings.